The highest BCUT2D eigenvalue weighted by molar-refractivity contribution is 8.04. The van der Waals surface area contributed by atoms with Gasteiger partial charge in [0.15, 0.2) is 0 Å². The van der Waals surface area contributed by atoms with Crippen molar-refractivity contribution in [3.05, 3.63) is 63.5 Å². The lowest BCUT2D eigenvalue weighted by molar-refractivity contribution is -0.114. The van der Waals surface area contributed by atoms with E-state index in [0.29, 0.717) is 27.3 Å². The molecule has 4 nitrogen and oxygen atoms in total. The highest BCUT2D eigenvalue weighted by Gasteiger charge is 2.30. The first-order valence-corrected chi connectivity index (χ1v) is 11.4. The number of halogens is 1. The Bertz CT molecular complexity index is 1030. The van der Waals surface area contributed by atoms with Crippen LogP contribution in [-0.2, 0) is 4.79 Å². The third-order valence-corrected chi connectivity index (χ3v) is 7.07. The van der Waals surface area contributed by atoms with Gasteiger partial charge in [-0.3, -0.25) is 9.59 Å². The minimum atomic E-state index is -0.0998. The summed E-state index contributed by atoms with van der Waals surface area (Å²) in [4.78, 5) is 31.2. The van der Waals surface area contributed by atoms with E-state index in [0.717, 1.165) is 35.7 Å². The predicted octanol–water partition coefficient (Wildman–Crippen LogP) is 5.57. The Morgan fingerprint density at radius 3 is 2.53 bits per heavy atom. The van der Waals surface area contributed by atoms with E-state index in [1.165, 1.54) is 11.8 Å². The van der Waals surface area contributed by atoms with Crippen LogP contribution in [0.25, 0.3) is 6.08 Å². The van der Waals surface area contributed by atoms with Crippen LogP contribution in [-0.4, -0.2) is 36.9 Å². The van der Waals surface area contributed by atoms with Crippen molar-refractivity contribution in [3.8, 4) is 0 Å². The van der Waals surface area contributed by atoms with Crippen LogP contribution in [0.1, 0.15) is 36.2 Å². The molecule has 0 bridgehead atoms. The van der Waals surface area contributed by atoms with Crippen molar-refractivity contribution in [2.45, 2.75) is 25.2 Å². The van der Waals surface area contributed by atoms with Gasteiger partial charge >= 0.3 is 0 Å². The first kappa shape index (κ1) is 21.0. The molecule has 0 aromatic heterocycles. The number of benzene rings is 2. The molecule has 1 fully saturated rings. The zero-order valence-electron chi connectivity index (χ0n) is 17.4. The summed E-state index contributed by atoms with van der Waals surface area (Å²) in [6.07, 6.45) is 2.98. The molecule has 0 unspecified atom stereocenters. The molecule has 0 saturated carbocycles. The molecule has 2 atom stereocenters. The third kappa shape index (κ3) is 4.14. The third-order valence-electron chi connectivity index (χ3n) is 5.65. The lowest BCUT2D eigenvalue weighted by Gasteiger charge is -2.35. The van der Waals surface area contributed by atoms with Crippen LogP contribution in [0.5, 0.6) is 0 Å². The largest absolute Gasteiger partial charge is 0.338 e. The van der Waals surface area contributed by atoms with Crippen LogP contribution in [0, 0.1) is 11.8 Å². The first-order chi connectivity index (χ1) is 14.3. The van der Waals surface area contributed by atoms with Crippen LogP contribution < -0.4 is 4.90 Å². The number of rotatable bonds is 2. The fourth-order valence-corrected chi connectivity index (χ4v) is 5.55. The van der Waals surface area contributed by atoms with E-state index in [1.807, 2.05) is 53.4 Å². The highest BCUT2D eigenvalue weighted by atomic mass is 35.5. The summed E-state index contributed by atoms with van der Waals surface area (Å²) in [6.45, 7) is 5.96. The lowest BCUT2D eigenvalue weighted by atomic mass is 9.91. The van der Waals surface area contributed by atoms with Gasteiger partial charge in [-0.1, -0.05) is 55.4 Å². The van der Waals surface area contributed by atoms with Gasteiger partial charge in [-0.2, -0.15) is 0 Å². The number of thioether (sulfide) groups is 1. The molecule has 6 heteroatoms. The number of hydrogen-bond donors (Lipinski definition) is 0. The molecule has 0 radical (unpaired) electrons. The Kier molecular flexibility index (Phi) is 5.94. The maximum atomic E-state index is 13.1. The number of fused-ring (bicyclic) bond motifs is 1. The molecule has 2 aromatic rings. The van der Waals surface area contributed by atoms with Crippen LogP contribution in [0.3, 0.4) is 0 Å². The van der Waals surface area contributed by atoms with Crippen molar-refractivity contribution in [1.29, 1.82) is 0 Å². The summed E-state index contributed by atoms with van der Waals surface area (Å²) in [6, 6.07) is 13.1. The molecule has 2 heterocycles. The maximum absolute atomic E-state index is 13.1. The molecular formula is C24H25ClN2O2S. The SMILES string of the molecule is C[C@@H]1C[C@H](C)CN(C(=O)c2ccc3c(c2)N(C)C(=O)/C(=C/c2ccccc2Cl)S3)C1. The number of likely N-dealkylation sites (N-methyl/N-ethyl adjacent to an activating group) is 1. The monoisotopic (exact) mass is 440 g/mol. The highest BCUT2D eigenvalue weighted by Crippen LogP contribution is 2.42. The van der Waals surface area contributed by atoms with Crippen LogP contribution in [0.15, 0.2) is 52.3 Å². The van der Waals surface area contributed by atoms with Gasteiger partial charge in [0.1, 0.15) is 0 Å². The number of carbonyl (C=O) groups is 2. The number of hydrogen-bond acceptors (Lipinski definition) is 3. The van der Waals surface area contributed by atoms with E-state index in [-0.39, 0.29) is 11.8 Å². The van der Waals surface area contributed by atoms with Crippen LogP contribution >= 0.6 is 23.4 Å². The fraction of sp³-hybridized carbons (Fsp3) is 0.333. The Morgan fingerprint density at radius 1 is 1.13 bits per heavy atom. The van der Waals surface area contributed by atoms with E-state index in [1.54, 1.807) is 11.9 Å². The second-order valence-electron chi connectivity index (χ2n) is 8.34. The van der Waals surface area contributed by atoms with E-state index >= 15 is 0 Å². The van der Waals surface area contributed by atoms with Crippen LogP contribution in [0.2, 0.25) is 5.02 Å². The average Bonchev–Trinajstić information content (AvgIpc) is 2.72. The number of carbonyl (C=O) groups excluding carboxylic acids is 2. The molecule has 1 saturated heterocycles. The quantitative estimate of drug-likeness (QED) is 0.573. The molecular weight excluding hydrogens is 416 g/mol. The summed E-state index contributed by atoms with van der Waals surface area (Å²) in [7, 11) is 1.75. The van der Waals surface area contributed by atoms with Crippen LogP contribution in [0.4, 0.5) is 5.69 Å². The van der Waals surface area contributed by atoms with Crippen molar-refractivity contribution in [2.24, 2.45) is 11.8 Å². The number of piperidine rings is 1. The molecule has 30 heavy (non-hydrogen) atoms. The zero-order valence-corrected chi connectivity index (χ0v) is 19.0. The summed E-state index contributed by atoms with van der Waals surface area (Å²) in [5, 5.41) is 0.609. The molecule has 2 aliphatic rings. The first-order valence-electron chi connectivity index (χ1n) is 10.2. The molecule has 2 aromatic carbocycles. The molecule has 0 N–H and O–H groups in total. The Morgan fingerprint density at radius 2 is 1.83 bits per heavy atom. The Balaban J connectivity index is 1.62. The second-order valence-corrected chi connectivity index (χ2v) is 9.83. The molecule has 0 aliphatic carbocycles. The molecule has 2 aliphatic heterocycles. The summed E-state index contributed by atoms with van der Waals surface area (Å²) >= 11 is 7.67. The van der Waals surface area contributed by atoms with Crippen molar-refractivity contribution in [2.75, 3.05) is 25.0 Å². The van der Waals surface area contributed by atoms with Gasteiger partial charge in [-0.05, 0) is 54.2 Å². The minimum Gasteiger partial charge on any atom is -0.338 e. The molecule has 2 amide bonds. The fourth-order valence-electron chi connectivity index (χ4n) is 4.27. The maximum Gasteiger partial charge on any atom is 0.264 e. The van der Waals surface area contributed by atoms with Gasteiger partial charge in [-0.15, -0.1) is 0 Å². The Labute approximate surface area is 186 Å². The summed E-state index contributed by atoms with van der Waals surface area (Å²) in [5.41, 5.74) is 2.21. The number of likely N-dealkylation sites (tertiary alicyclic amines) is 1. The number of anilines is 1. The van der Waals surface area contributed by atoms with Gasteiger partial charge < -0.3 is 9.80 Å². The van der Waals surface area contributed by atoms with Gasteiger partial charge in [0.05, 0.1) is 10.6 Å². The predicted molar refractivity (Wildman–Crippen MR) is 124 cm³/mol. The summed E-state index contributed by atoms with van der Waals surface area (Å²) in [5.74, 6) is 0.956. The topological polar surface area (TPSA) is 40.6 Å². The van der Waals surface area contributed by atoms with E-state index in [2.05, 4.69) is 13.8 Å². The number of amides is 2. The van der Waals surface area contributed by atoms with Crippen molar-refractivity contribution in [3.63, 3.8) is 0 Å². The molecule has 156 valence electrons. The van der Waals surface area contributed by atoms with E-state index < -0.39 is 0 Å². The van der Waals surface area contributed by atoms with Gasteiger partial charge in [-0.25, -0.2) is 0 Å². The standard InChI is InChI=1S/C24H25ClN2O2S/c1-15-10-16(2)14-27(13-15)23(28)18-8-9-21-20(11-18)26(3)24(29)22(30-21)12-17-6-4-5-7-19(17)25/h4-9,11-12,15-16H,10,13-14H2,1-3H3/b22-12-/t15-,16+. The lowest BCUT2D eigenvalue weighted by Crippen LogP contribution is -2.42. The summed E-state index contributed by atoms with van der Waals surface area (Å²) < 4.78 is 0. The van der Waals surface area contributed by atoms with Gasteiger partial charge in [0.25, 0.3) is 11.8 Å². The number of nitrogens with zero attached hydrogens (tertiary/aromatic N) is 2. The zero-order chi connectivity index (χ0) is 21.4. The van der Waals surface area contributed by atoms with Crippen molar-refractivity contribution >= 4 is 46.9 Å². The van der Waals surface area contributed by atoms with E-state index in [4.69, 9.17) is 11.6 Å². The van der Waals surface area contributed by atoms with E-state index in [9.17, 15) is 9.59 Å². The average molecular weight is 441 g/mol. The van der Waals surface area contributed by atoms with Gasteiger partial charge in [0, 0.05) is 35.6 Å². The Hall–Kier alpha value is -2.24. The van der Waals surface area contributed by atoms with Gasteiger partial charge in [0.2, 0.25) is 0 Å². The smallest absolute Gasteiger partial charge is 0.264 e. The van der Waals surface area contributed by atoms with Crippen molar-refractivity contribution < 1.29 is 9.59 Å². The minimum absolute atomic E-state index is 0.0412. The van der Waals surface area contributed by atoms with Crippen molar-refractivity contribution in [1.82, 2.24) is 4.90 Å². The molecule has 4 rings (SSSR count). The second kappa shape index (κ2) is 8.48. The molecule has 0 spiro atoms. The normalized spacial score (nSPS) is 22.9.